The van der Waals surface area contributed by atoms with Crippen LogP contribution in [0.1, 0.15) is 58.6 Å². The molecule has 0 saturated carbocycles. The lowest BCUT2D eigenvalue weighted by Gasteiger charge is -2.18. The van der Waals surface area contributed by atoms with E-state index >= 15 is 0 Å². The van der Waals surface area contributed by atoms with E-state index in [9.17, 15) is 9.59 Å². The molecular formula is C22H27N3O3. The van der Waals surface area contributed by atoms with Crippen LogP contribution in [0.3, 0.4) is 0 Å². The molecule has 1 N–H and O–H groups in total. The summed E-state index contributed by atoms with van der Waals surface area (Å²) >= 11 is 0. The fourth-order valence-corrected chi connectivity index (χ4v) is 4.37. The zero-order valence-corrected chi connectivity index (χ0v) is 16.4. The van der Waals surface area contributed by atoms with Crippen molar-refractivity contribution in [2.45, 2.75) is 64.6 Å². The fraction of sp³-hybridized carbons (Fsp3) is 0.500. The Hall–Kier alpha value is -2.47. The lowest BCUT2D eigenvalue weighted by atomic mass is 9.92. The Morgan fingerprint density at radius 2 is 2.25 bits per heavy atom. The van der Waals surface area contributed by atoms with Crippen molar-refractivity contribution in [1.82, 2.24) is 14.9 Å². The van der Waals surface area contributed by atoms with Crippen molar-refractivity contribution in [3.8, 4) is 0 Å². The van der Waals surface area contributed by atoms with E-state index in [-0.39, 0.29) is 24.2 Å². The lowest BCUT2D eigenvalue weighted by Crippen LogP contribution is -2.25. The summed E-state index contributed by atoms with van der Waals surface area (Å²) in [5.74, 6) is 0.105. The van der Waals surface area contributed by atoms with Crippen LogP contribution in [0.4, 0.5) is 0 Å². The van der Waals surface area contributed by atoms with Gasteiger partial charge in [-0.2, -0.15) is 0 Å². The summed E-state index contributed by atoms with van der Waals surface area (Å²) in [6, 6.07) is 3.79. The second-order valence-corrected chi connectivity index (χ2v) is 7.72. The van der Waals surface area contributed by atoms with E-state index < -0.39 is 0 Å². The Balaban J connectivity index is 1.54. The number of hydrogen-bond acceptors (Lipinski definition) is 4. The zero-order valence-electron chi connectivity index (χ0n) is 16.4. The number of carbonyl (C=O) groups excluding carboxylic acids is 2. The molecule has 4 rings (SSSR count). The normalized spacial score (nSPS) is 18.9. The molecule has 6 nitrogen and oxygen atoms in total. The predicted octanol–water partition coefficient (Wildman–Crippen LogP) is 2.75. The molecule has 0 unspecified atom stereocenters. The van der Waals surface area contributed by atoms with E-state index in [1.54, 1.807) is 12.4 Å². The molecule has 0 aromatic carbocycles. The number of fused-ring (bicyclic) bond motifs is 1. The molecule has 0 bridgehead atoms. The van der Waals surface area contributed by atoms with E-state index in [0.29, 0.717) is 13.0 Å². The molecule has 3 heterocycles. The van der Waals surface area contributed by atoms with Gasteiger partial charge in [0.1, 0.15) is 0 Å². The van der Waals surface area contributed by atoms with Crippen LogP contribution in [0.25, 0.3) is 0 Å². The van der Waals surface area contributed by atoms with Gasteiger partial charge >= 0.3 is 0 Å². The number of nitrogens with one attached hydrogen (secondary N) is 1. The van der Waals surface area contributed by atoms with Gasteiger partial charge in [-0.3, -0.25) is 14.6 Å². The number of carbonyl (C=O) groups is 2. The first-order chi connectivity index (χ1) is 13.6. The van der Waals surface area contributed by atoms with Gasteiger partial charge in [0.15, 0.2) is 5.78 Å². The number of hydrogen-bond donors (Lipinski definition) is 1. The SMILES string of the molecule is Cc1c(CC(=O)NCc2cccnc2)c2c(n1C[C@@H]1CCCO1)CCCC2=O. The first kappa shape index (κ1) is 18.9. The second kappa shape index (κ2) is 8.27. The maximum absolute atomic E-state index is 12.7. The summed E-state index contributed by atoms with van der Waals surface area (Å²) in [7, 11) is 0. The number of pyridine rings is 1. The summed E-state index contributed by atoms with van der Waals surface area (Å²) in [6.07, 6.45) is 8.40. The van der Waals surface area contributed by atoms with Gasteiger partial charge in [0, 0.05) is 55.5 Å². The van der Waals surface area contributed by atoms with Crippen LogP contribution < -0.4 is 5.32 Å². The van der Waals surface area contributed by atoms with Gasteiger partial charge in [0.05, 0.1) is 12.5 Å². The maximum atomic E-state index is 12.7. The summed E-state index contributed by atoms with van der Waals surface area (Å²) in [5, 5.41) is 2.95. The number of amides is 1. The van der Waals surface area contributed by atoms with Crippen LogP contribution in [-0.2, 0) is 35.5 Å². The molecule has 1 atom stereocenters. The summed E-state index contributed by atoms with van der Waals surface area (Å²) in [6.45, 7) is 4.07. The van der Waals surface area contributed by atoms with Crippen molar-refractivity contribution in [3.63, 3.8) is 0 Å². The standard InChI is InChI=1S/C22H27N3O3/c1-15-18(11-21(27)24-13-16-5-3-9-23-12-16)22-19(7-2-8-20(22)26)25(15)14-17-6-4-10-28-17/h3,5,9,12,17H,2,4,6-8,10-11,13-14H2,1H3,(H,24,27)/t17-/m0/s1. The van der Waals surface area contributed by atoms with Gasteiger partial charge < -0.3 is 14.6 Å². The zero-order chi connectivity index (χ0) is 19.5. The molecule has 2 aromatic rings. The van der Waals surface area contributed by atoms with Crippen LogP contribution in [0, 0.1) is 6.92 Å². The van der Waals surface area contributed by atoms with Crippen molar-refractivity contribution < 1.29 is 14.3 Å². The molecule has 2 aromatic heterocycles. The number of Topliss-reactive ketones (excluding diaryl/α,β-unsaturated/α-hetero) is 1. The van der Waals surface area contributed by atoms with E-state index in [4.69, 9.17) is 4.74 Å². The topological polar surface area (TPSA) is 73.2 Å². The van der Waals surface area contributed by atoms with Crippen molar-refractivity contribution in [2.24, 2.45) is 0 Å². The van der Waals surface area contributed by atoms with Crippen molar-refractivity contribution in [3.05, 3.63) is 52.6 Å². The quantitative estimate of drug-likeness (QED) is 0.835. The fourth-order valence-electron chi connectivity index (χ4n) is 4.37. The molecule has 1 aliphatic carbocycles. The Kier molecular flexibility index (Phi) is 5.57. The number of ketones is 1. The van der Waals surface area contributed by atoms with Gasteiger partial charge in [0.25, 0.3) is 0 Å². The third-order valence-corrected chi connectivity index (χ3v) is 5.81. The smallest absolute Gasteiger partial charge is 0.224 e. The first-order valence-corrected chi connectivity index (χ1v) is 10.1. The molecule has 0 spiro atoms. The maximum Gasteiger partial charge on any atom is 0.224 e. The van der Waals surface area contributed by atoms with Gasteiger partial charge in [-0.25, -0.2) is 0 Å². The minimum atomic E-state index is -0.0672. The molecule has 1 amide bonds. The third-order valence-electron chi connectivity index (χ3n) is 5.81. The second-order valence-electron chi connectivity index (χ2n) is 7.72. The molecular weight excluding hydrogens is 354 g/mol. The van der Waals surface area contributed by atoms with Gasteiger partial charge in [-0.05, 0) is 49.8 Å². The van der Waals surface area contributed by atoms with E-state index in [1.165, 1.54) is 0 Å². The number of rotatable bonds is 6. The van der Waals surface area contributed by atoms with Crippen LogP contribution in [0.5, 0.6) is 0 Å². The Bertz CT molecular complexity index is 867. The number of ether oxygens (including phenoxy) is 1. The minimum Gasteiger partial charge on any atom is -0.376 e. The molecule has 6 heteroatoms. The van der Waals surface area contributed by atoms with Crippen molar-refractivity contribution in [2.75, 3.05) is 6.61 Å². The molecule has 148 valence electrons. The highest BCUT2D eigenvalue weighted by Gasteiger charge is 2.30. The molecule has 28 heavy (non-hydrogen) atoms. The largest absolute Gasteiger partial charge is 0.376 e. The molecule has 1 aliphatic heterocycles. The number of aromatic nitrogens is 2. The first-order valence-electron chi connectivity index (χ1n) is 10.1. The van der Waals surface area contributed by atoms with E-state index in [0.717, 1.165) is 66.9 Å². The monoisotopic (exact) mass is 381 g/mol. The minimum absolute atomic E-state index is 0.0672. The van der Waals surface area contributed by atoms with Gasteiger partial charge in [-0.15, -0.1) is 0 Å². The lowest BCUT2D eigenvalue weighted by molar-refractivity contribution is -0.120. The van der Waals surface area contributed by atoms with Crippen LogP contribution in [0.15, 0.2) is 24.5 Å². The van der Waals surface area contributed by atoms with Crippen molar-refractivity contribution >= 4 is 11.7 Å². The Morgan fingerprint density at radius 1 is 1.36 bits per heavy atom. The average molecular weight is 381 g/mol. The summed E-state index contributed by atoms with van der Waals surface area (Å²) in [5.41, 5.74) is 4.77. The Labute approximate surface area is 165 Å². The summed E-state index contributed by atoms with van der Waals surface area (Å²) in [4.78, 5) is 29.4. The van der Waals surface area contributed by atoms with Crippen LogP contribution in [0.2, 0.25) is 0 Å². The average Bonchev–Trinajstić information content (AvgIpc) is 3.31. The Morgan fingerprint density at radius 3 is 3.00 bits per heavy atom. The molecule has 1 saturated heterocycles. The predicted molar refractivity (Wildman–Crippen MR) is 105 cm³/mol. The van der Waals surface area contributed by atoms with Crippen LogP contribution in [-0.4, -0.2) is 34.0 Å². The van der Waals surface area contributed by atoms with Crippen molar-refractivity contribution in [1.29, 1.82) is 0 Å². The van der Waals surface area contributed by atoms with E-state index in [2.05, 4.69) is 14.9 Å². The van der Waals surface area contributed by atoms with Crippen LogP contribution >= 0.6 is 0 Å². The highest BCUT2D eigenvalue weighted by molar-refractivity contribution is 6.01. The molecule has 1 fully saturated rings. The summed E-state index contributed by atoms with van der Waals surface area (Å²) < 4.78 is 8.06. The molecule has 0 radical (unpaired) electrons. The van der Waals surface area contributed by atoms with Gasteiger partial charge in [-0.1, -0.05) is 6.07 Å². The number of nitrogens with zero attached hydrogens (tertiary/aromatic N) is 2. The third kappa shape index (κ3) is 3.87. The van der Waals surface area contributed by atoms with Gasteiger partial charge in [0.2, 0.25) is 5.91 Å². The highest BCUT2D eigenvalue weighted by Crippen LogP contribution is 2.31. The highest BCUT2D eigenvalue weighted by atomic mass is 16.5. The van der Waals surface area contributed by atoms with E-state index in [1.807, 2.05) is 19.1 Å². The molecule has 2 aliphatic rings.